The smallest absolute Gasteiger partial charge is 0.00723 e. The van der Waals surface area contributed by atoms with Gasteiger partial charge in [-0.05, 0) is 50.6 Å². The summed E-state index contributed by atoms with van der Waals surface area (Å²) in [6, 6.07) is 0.746. The van der Waals surface area contributed by atoms with Crippen LogP contribution in [0.1, 0.15) is 47.0 Å². The van der Waals surface area contributed by atoms with Gasteiger partial charge in [0.2, 0.25) is 0 Å². The Morgan fingerprint density at radius 2 is 1.59 bits per heavy atom. The highest BCUT2D eigenvalue weighted by Gasteiger charge is 2.26. The van der Waals surface area contributed by atoms with E-state index in [1.54, 1.807) is 0 Å². The van der Waals surface area contributed by atoms with Crippen LogP contribution in [-0.2, 0) is 0 Å². The quantitative estimate of drug-likeness (QED) is 0.795. The first-order valence-corrected chi connectivity index (χ1v) is 7.16. The Morgan fingerprint density at radius 1 is 1.06 bits per heavy atom. The van der Waals surface area contributed by atoms with E-state index in [1.807, 2.05) is 0 Å². The van der Waals surface area contributed by atoms with Crippen molar-refractivity contribution < 1.29 is 0 Å². The maximum Gasteiger partial charge on any atom is 0.00723 e. The lowest BCUT2D eigenvalue weighted by atomic mass is 9.80. The molecule has 0 spiro atoms. The van der Waals surface area contributed by atoms with Crippen LogP contribution >= 0.6 is 0 Å². The summed E-state index contributed by atoms with van der Waals surface area (Å²) in [5, 5.41) is 3.80. The minimum Gasteiger partial charge on any atom is -0.313 e. The molecule has 1 saturated carbocycles. The fraction of sp³-hybridized carbons (Fsp3) is 1.00. The van der Waals surface area contributed by atoms with E-state index in [0.29, 0.717) is 5.41 Å². The lowest BCUT2D eigenvalue weighted by molar-refractivity contribution is 0.191. The van der Waals surface area contributed by atoms with Crippen molar-refractivity contribution in [1.82, 2.24) is 10.2 Å². The molecule has 1 fully saturated rings. The molecule has 0 aliphatic heterocycles. The third-order valence-electron chi connectivity index (χ3n) is 3.79. The highest BCUT2D eigenvalue weighted by atomic mass is 15.1. The molecule has 0 saturated heterocycles. The molecule has 2 unspecified atom stereocenters. The van der Waals surface area contributed by atoms with Gasteiger partial charge in [0.25, 0.3) is 0 Å². The zero-order chi connectivity index (χ0) is 13.1. The molecule has 1 N–H and O–H groups in total. The van der Waals surface area contributed by atoms with Gasteiger partial charge in [0.1, 0.15) is 0 Å². The molecule has 0 amide bonds. The Balaban J connectivity index is 2.34. The first-order valence-electron chi connectivity index (χ1n) is 7.16. The summed E-state index contributed by atoms with van der Waals surface area (Å²) in [4.78, 5) is 2.29. The van der Waals surface area contributed by atoms with Crippen LogP contribution in [0.4, 0.5) is 0 Å². The number of rotatable bonds is 5. The van der Waals surface area contributed by atoms with Gasteiger partial charge in [-0.1, -0.05) is 27.7 Å². The second-order valence-electron chi connectivity index (χ2n) is 7.40. The topological polar surface area (TPSA) is 15.3 Å². The molecule has 0 heterocycles. The molecule has 1 aliphatic carbocycles. The van der Waals surface area contributed by atoms with Gasteiger partial charge >= 0.3 is 0 Å². The van der Waals surface area contributed by atoms with Crippen molar-refractivity contribution in [2.24, 2.45) is 17.3 Å². The first kappa shape index (κ1) is 15.0. The minimum absolute atomic E-state index is 0.368. The molecule has 1 rings (SSSR count). The van der Waals surface area contributed by atoms with E-state index in [2.05, 4.69) is 52.0 Å². The maximum atomic E-state index is 3.80. The number of hydrogen-bond acceptors (Lipinski definition) is 2. The second-order valence-corrected chi connectivity index (χ2v) is 7.40. The Hall–Kier alpha value is -0.0800. The fourth-order valence-corrected chi connectivity index (χ4v) is 3.45. The SMILES string of the molecule is CC1CC(C)CC(NCC(C)(C)CN(C)C)C1. The Morgan fingerprint density at radius 3 is 2.06 bits per heavy atom. The van der Waals surface area contributed by atoms with Crippen molar-refractivity contribution >= 4 is 0 Å². The van der Waals surface area contributed by atoms with E-state index in [9.17, 15) is 0 Å². The zero-order valence-electron chi connectivity index (χ0n) is 12.7. The van der Waals surface area contributed by atoms with Gasteiger partial charge in [0.05, 0.1) is 0 Å². The van der Waals surface area contributed by atoms with Gasteiger partial charge in [-0.3, -0.25) is 0 Å². The predicted octanol–water partition coefficient (Wildman–Crippen LogP) is 2.99. The summed E-state index contributed by atoms with van der Waals surface area (Å²) in [5.74, 6) is 1.79. The normalized spacial score (nSPS) is 30.9. The summed E-state index contributed by atoms with van der Waals surface area (Å²) in [6.45, 7) is 11.8. The third-order valence-corrected chi connectivity index (χ3v) is 3.79. The van der Waals surface area contributed by atoms with E-state index < -0.39 is 0 Å². The van der Waals surface area contributed by atoms with Gasteiger partial charge in [0.15, 0.2) is 0 Å². The molecule has 17 heavy (non-hydrogen) atoms. The van der Waals surface area contributed by atoms with Crippen molar-refractivity contribution in [2.45, 2.75) is 53.0 Å². The van der Waals surface area contributed by atoms with Gasteiger partial charge in [-0.25, -0.2) is 0 Å². The van der Waals surface area contributed by atoms with Crippen LogP contribution in [0.25, 0.3) is 0 Å². The van der Waals surface area contributed by atoms with Crippen molar-refractivity contribution in [2.75, 3.05) is 27.2 Å². The summed E-state index contributed by atoms with van der Waals surface area (Å²) in [6.07, 6.45) is 4.14. The van der Waals surface area contributed by atoms with Crippen LogP contribution in [0.3, 0.4) is 0 Å². The van der Waals surface area contributed by atoms with Crippen molar-refractivity contribution in [1.29, 1.82) is 0 Å². The van der Waals surface area contributed by atoms with E-state index in [-0.39, 0.29) is 0 Å². The van der Waals surface area contributed by atoms with Crippen LogP contribution in [0.2, 0.25) is 0 Å². The van der Waals surface area contributed by atoms with Crippen LogP contribution in [0.15, 0.2) is 0 Å². The molecular formula is C15H32N2. The summed E-state index contributed by atoms with van der Waals surface area (Å²) < 4.78 is 0. The van der Waals surface area contributed by atoms with Crippen LogP contribution in [0, 0.1) is 17.3 Å². The Kier molecular flexibility index (Phi) is 5.46. The monoisotopic (exact) mass is 240 g/mol. The lowest BCUT2D eigenvalue weighted by Gasteiger charge is -2.35. The van der Waals surface area contributed by atoms with Gasteiger partial charge in [-0.15, -0.1) is 0 Å². The molecule has 0 aromatic rings. The standard InChI is InChI=1S/C15H32N2/c1-12-7-13(2)9-14(8-12)16-10-15(3,4)11-17(5)6/h12-14,16H,7-11H2,1-6H3. The Labute approximate surface area is 108 Å². The molecule has 0 aromatic heterocycles. The third kappa shape index (κ3) is 5.87. The number of nitrogens with zero attached hydrogens (tertiary/aromatic N) is 1. The lowest BCUT2D eigenvalue weighted by Crippen LogP contribution is -2.44. The summed E-state index contributed by atoms with van der Waals surface area (Å²) in [5.41, 5.74) is 0.368. The number of nitrogens with one attached hydrogen (secondary N) is 1. The second kappa shape index (κ2) is 6.19. The van der Waals surface area contributed by atoms with E-state index in [0.717, 1.165) is 31.0 Å². The molecule has 0 radical (unpaired) electrons. The molecule has 2 nitrogen and oxygen atoms in total. The minimum atomic E-state index is 0.368. The van der Waals surface area contributed by atoms with Gasteiger partial charge < -0.3 is 10.2 Å². The number of hydrogen-bond donors (Lipinski definition) is 1. The molecule has 2 heteroatoms. The molecule has 2 atom stereocenters. The van der Waals surface area contributed by atoms with Crippen molar-refractivity contribution in [3.63, 3.8) is 0 Å². The Bertz CT molecular complexity index is 213. The predicted molar refractivity (Wildman–Crippen MR) is 76.3 cm³/mol. The molecular weight excluding hydrogens is 208 g/mol. The van der Waals surface area contributed by atoms with E-state index in [1.165, 1.54) is 19.3 Å². The fourth-order valence-electron chi connectivity index (χ4n) is 3.45. The highest BCUT2D eigenvalue weighted by molar-refractivity contribution is 4.83. The molecule has 102 valence electrons. The van der Waals surface area contributed by atoms with Crippen LogP contribution in [-0.4, -0.2) is 38.1 Å². The molecule has 0 bridgehead atoms. The van der Waals surface area contributed by atoms with Crippen LogP contribution < -0.4 is 5.32 Å². The largest absolute Gasteiger partial charge is 0.313 e. The average Bonchev–Trinajstić information content (AvgIpc) is 2.11. The highest BCUT2D eigenvalue weighted by Crippen LogP contribution is 2.29. The molecule has 0 aromatic carbocycles. The van der Waals surface area contributed by atoms with E-state index in [4.69, 9.17) is 0 Å². The summed E-state index contributed by atoms with van der Waals surface area (Å²) >= 11 is 0. The van der Waals surface area contributed by atoms with E-state index >= 15 is 0 Å². The molecule has 1 aliphatic rings. The van der Waals surface area contributed by atoms with Gasteiger partial charge in [-0.2, -0.15) is 0 Å². The van der Waals surface area contributed by atoms with Crippen molar-refractivity contribution in [3.8, 4) is 0 Å². The average molecular weight is 240 g/mol. The van der Waals surface area contributed by atoms with Crippen LogP contribution in [0.5, 0.6) is 0 Å². The first-order chi connectivity index (χ1) is 7.78. The summed E-state index contributed by atoms with van der Waals surface area (Å²) in [7, 11) is 4.32. The zero-order valence-corrected chi connectivity index (χ0v) is 12.7. The van der Waals surface area contributed by atoms with Crippen molar-refractivity contribution in [3.05, 3.63) is 0 Å². The van der Waals surface area contributed by atoms with Gasteiger partial charge in [0, 0.05) is 19.1 Å². The maximum absolute atomic E-state index is 3.80.